The average molecular weight is 283 g/mol. The molecule has 0 amide bonds. The highest BCUT2D eigenvalue weighted by molar-refractivity contribution is 5.36. The second kappa shape index (κ2) is 7.28. The topological polar surface area (TPSA) is 35.2 Å². The summed E-state index contributed by atoms with van der Waals surface area (Å²) in [5.41, 5.74) is 8.75. The molecule has 0 bridgehead atoms. The van der Waals surface area contributed by atoms with Gasteiger partial charge < -0.3 is 10.5 Å². The minimum Gasteiger partial charge on any atom is -0.488 e. The monoisotopic (exact) mass is 283 g/mol. The summed E-state index contributed by atoms with van der Waals surface area (Å²) in [7, 11) is 0. The van der Waals surface area contributed by atoms with Crippen molar-refractivity contribution in [2.45, 2.75) is 45.3 Å². The van der Waals surface area contributed by atoms with E-state index in [2.05, 4.69) is 45.0 Å². The number of hydrogen-bond acceptors (Lipinski definition) is 2. The number of nitrogens with two attached hydrogens (primary N) is 1. The van der Waals surface area contributed by atoms with Gasteiger partial charge in [-0.3, -0.25) is 0 Å². The standard InChI is InChI=1S/C19H25NO/c1-4-17(19(20)15-10-6-5-7-11-15)21-18-13-9-8-12-16(18)14(2)3/h5-14,17,19H,4,20H2,1-3H3. The van der Waals surface area contributed by atoms with Crippen LogP contribution in [-0.4, -0.2) is 6.10 Å². The van der Waals surface area contributed by atoms with E-state index < -0.39 is 0 Å². The lowest BCUT2D eigenvalue weighted by molar-refractivity contribution is 0.165. The highest BCUT2D eigenvalue weighted by Gasteiger charge is 2.21. The van der Waals surface area contributed by atoms with Gasteiger partial charge in [-0.1, -0.05) is 69.3 Å². The van der Waals surface area contributed by atoms with Gasteiger partial charge in [-0.25, -0.2) is 0 Å². The maximum atomic E-state index is 6.40. The highest BCUT2D eigenvalue weighted by Crippen LogP contribution is 2.29. The Morgan fingerprint density at radius 1 is 0.952 bits per heavy atom. The van der Waals surface area contributed by atoms with E-state index in [0.717, 1.165) is 17.7 Å². The molecule has 2 rings (SSSR count). The van der Waals surface area contributed by atoms with Crippen LogP contribution in [0.1, 0.15) is 50.3 Å². The Kier molecular flexibility index (Phi) is 5.40. The van der Waals surface area contributed by atoms with Gasteiger partial charge >= 0.3 is 0 Å². The van der Waals surface area contributed by atoms with Crippen LogP contribution in [0.5, 0.6) is 5.75 Å². The van der Waals surface area contributed by atoms with Crippen LogP contribution in [0.3, 0.4) is 0 Å². The molecule has 112 valence electrons. The van der Waals surface area contributed by atoms with Crippen LogP contribution in [-0.2, 0) is 0 Å². The summed E-state index contributed by atoms with van der Waals surface area (Å²) < 4.78 is 6.25. The normalized spacial score (nSPS) is 14.0. The molecule has 21 heavy (non-hydrogen) atoms. The molecule has 2 nitrogen and oxygen atoms in total. The third-order valence-corrected chi connectivity index (χ3v) is 3.81. The number of hydrogen-bond donors (Lipinski definition) is 1. The van der Waals surface area contributed by atoms with E-state index in [1.54, 1.807) is 0 Å². The third-order valence-electron chi connectivity index (χ3n) is 3.81. The van der Waals surface area contributed by atoms with E-state index in [0.29, 0.717) is 5.92 Å². The van der Waals surface area contributed by atoms with Gasteiger partial charge in [-0.2, -0.15) is 0 Å². The van der Waals surface area contributed by atoms with E-state index in [4.69, 9.17) is 10.5 Å². The second-order valence-electron chi connectivity index (χ2n) is 5.69. The Bertz CT molecular complexity index is 551. The van der Waals surface area contributed by atoms with Crippen molar-refractivity contribution in [3.8, 4) is 5.75 Å². The first-order valence-corrected chi connectivity index (χ1v) is 7.69. The summed E-state index contributed by atoms with van der Waals surface area (Å²) in [6.07, 6.45) is 0.856. The van der Waals surface area contributed by atoms with E-state index in [9.17, 15) is 0 Å². The van der Waals surface area contributed by atoms with Crippen LogP contribution < -0.4 is 10.5 Å². The van der Waals surface area contributed by atoms with E-state index in [-0.39, 0.29) is 12.1 Å². The molecule has 0 heterocycles. The molecular weight excluding hydrogens is 258 g/mol. The van der Waals surface area contributed by atoms with Crippen LogP contribution in [0.25, 0.3) is 0 Å². The van der Waals surface area contributed by atoms with Crippen LogP contribution in [0.4, 0.5) is 0 Å². The summed E-state index contributed by atoms with van der Waals surface area (Å²) in [5.74, 6) is 1.39. The van der Waals surface area contributed by atoms with Gasteiger partial charge in [-0.05, 0) is 29.5 Å². The van der Waals surface area contributed by atoms with Crippen molar-refractivity contribution in [3.63, 3.8) is 0 Å². The molecule has 0 aliphatic rings. The van der Waals surface area contributed by atoms with Gasteiger partial charge in [0.25, 0.3) is 0 Å². The molecular formula is C19H25NO. The molecule has 2 heteroatoms. The van der Waals surface area contributed by atoms with Gasteiger partial charge in [0.05, 0.1) is 6.04 Å². The lowest BCUT2D eigenvalue weighted by Gasteiger charge is -2.26. The van der Waals surface area contributed by atoms with Crippen molar-refractivity contribution in [1.29, 1.82) is 0 Å². The van der Waals surface area contributed by atoms with Crippen LogP contribution in [0, 0.1) is 0 Å². The van der Waals surface area contributed by atoms with Crippen molar-refractivity contribution < 1.29 is 4.74 Å². The zero-order valence-electron chi connectivity index (χ0n) is 13.1. The van der Waals surface area contributed by atoms with Crippen molar-refractivity contribution in [2.24, 2.45) is 5.73 Å². The van der Waals surface area contributed by atoms with Crippen LogP contribution in [0.15, 0.2) is 54.6 Å². The van der Waals surface area contributed by atoms with Gasteiger partial charge in [0.15, 0.2) is 0 Å². The SMILES string of the molecule is CCC(Oc1ccccc1C(C)C)C(N)c1ccccc1. The number of ether oxygens (including phenoxy) is 1. The lowest BCUT2D eigenvalue weighted by Crippen LogP contribution is -2.31. The van der Waals surface area contributed by atoms with Crippen molar-refractivity contribution >= 4 is 0 Å². The van der Waals surface area contributed by atoms with Gasteiger partial charge in [0, 0.05) is 0 Å². The quantitative estimate of drug-likeness (QED) is 0.836. The predicted octanol–water partition coefficient (Wildman–Crippen LogP) is 4.67. The molecule has 0 fully saturated rings. The van der Waals surface area contributed by atoms with E-state index in [1.165, 1.54) is 5.56 Å². The van der Waals surface area contributed by atoms with E-state index in [1.807, 2.05) is 30.3 Å². The highest BCUT2D eigenvalue weighted by atomic mass is 16.5. The molecule has 0 saturated carbocycles. The fourth-order valence-corrected chi connectivity index (χ4v) is 2.53. The molecule has 2 unspecified atom stereocenters. The fourth-order valence-electron chi connectivity index (χ4n) is 2.53. The molecule has 2 atom stereocenters. The van der Waals surface area contributed by atoms with Gasteiger partial charge in [0.2, 0.25) is 0 Å². The molecule has 0 radical (unpaired) electrons. The zero-order chi connectivity index (χ0) is 15.2. The summed E-state index contributed by atoms with van der Waals surface area (Å²) >= 11 is 0. The van der Waals surface area contributed by atoms with Crippen molar-refractivity contribution in [1.82, 2.24) is 0 Å². The molecule has 2 aromatic carbocycles. The van der Waals surface area contributed by atoms with Gasteiger partial charge in [-0.15, -0.1) is 0 Å². The molecule has 0 aromatic heterocycles. The van der Waals surface area contributed by atoms with E-state index >= 15 is 0 Å². The first-order chi connectivity index (χ1) is 10.1. The fraction of sp³-hybridized carbons (Fsp3) is 0.368. The zero-order valence-corrected chi connectivity index (χ0v) is 13.1. The van der Waals surface area contributed by atoms with Crippen LogP contribution >= 0.6 is 0 Å². The maximum absolute atomic E-state index is 6.40. The Labute approximate surface area is 127 Å². The summed E-state index contributed by atoms with van der Waals surface area (Å²) in [6.45, 7) is 6.48. The Morgan fingerprint density at radius 3 is 2.19 bits per heavy atom. The second-order valence-corrected chi connectivity index (χ2v) is 5.69. The van der Waals surface area contributed by atoms with Crippen LogP contribution in [0.2, 0.25) is 0 Å². The predicted molar refractivity (Wildman–Crippen MR) is 88.6 cm³/mol. The van der Waals surface area contributed by atoms with Crippen molar-refractivity contribution in [2.75, 3.05) is 0 Å². The smallest absolute Gasteiger partial charge is 0.123 e. The summed E-state index contributed by atoms with van der Waals surface area (Å²) in [5, 5.41) is 0. The lowest BCUT2D eigenvalue weighted by atomic mass is 9.99. The summed E-state index contributed by atoms with van der Waals surface area (Å²) in [4.78, 5) is 0. The first kappa shape index (κ1) is 15.6. The number of rotatable bonds is 6. The molecule has 0 aliphatic heterocycles. The first-order valence-electron chi connectivity index (χ1n) is 7.69. The molecule has 0 saturated heterocycles. The minimum atomic E-state index is -0.114. The largest absolute Gasteiger partial charge is 0.488 e. The number of benzene rings is 2. The minimum absolute atomic E-state index is 0.0210. The van der Waals surface area contributed by atoms with Crippen molar-refractivity contribution in [3.05, 3.63) is 65.7 Å². The number of para-hydroxylation sites is 1. The summed E-state index contributed by atoms with van der Waals surface area (Å²) in [6, 6.07) is 18.3. The third kappa shape index (κ3) is 3.85. The molecule has 0 aliphatic carbocycles. The van der Waals surface area contributed by atoms with Gasteiger partial charge in [0.1, 0.15) is 11.9 Å². The molecule has 2 aromatic rings. The maximum Gasteiger partial charge on any atom is 0.123 e. The Balaban J connectivity index is 2.20. The molecule has 0 spiro atoms. The molecule has 2 N–H and O–H groups in total. The Hall–Kier alpha value is -1.80. The average Bonchev–Trinajstić information content (AvgIpc) is 2.53. The Morgan fingerprint density at radius 2 is 1.57 bits per heavy atom.